The Balaban J connectivity index is 1.59. The normalized spacial score (nSPS) is 16.0. The maximum Gasteiger partial charge on any atom is 0.273 e. The van der Waals surface area contributed by atoms with Gasteiger partial charge >= 0.3 is 0 Å². The van der Waals surface area contributed by atoms with E-state index in [9.17, 15) is 4.79 Å². The lowest BCUT2D eigenvalue weighted by Crippen LogP contribution is -2.35. The van der Waals surface area contributed by atoms with Crippen LogP contribution in [0.15, 0.2) is 29.6 Å². The average Bonchev–Trinajstić information content (AvgIpc) is 2.95. The van der Waals surface area contributed by atoms with Crippen molar-refractivity contribution < 1.29 is 9.53 Å². The summed E-state index contributed by atoms with van der Waals surface area (Å²) in [6, 6.07) is 8.52. The monoisotopic (exact) mass is 359 g/mol. The van der Waals surface area contributed by atoms with Crippen LogP contribution in [-0.2, 0) is 17.9 Å². The van der Waals surface area contributed by atoms with Crippen LogP contribution in [0.25, 0.3) is 0 Å². The number of carbonyl (C=O) groups excluding carboxylic acids is 1. The zero-order valence-electron chi connectivity index (χ0n) is 14.9. The summed E-state index contributed by atoms with van der Waals surface area (Å²) in [7, 11) is 1.64. The molecule has 5 nitrogen and oxygen atoms in total. The van der Waals surface area contributed by atoms with Crippen LogP contribution < -0.4 is 0 Å². The molecule has 0 atom stereocenters. The number of methoxy groups -OCH3 is 1. The van der Waals surface area contributed by atoms with Gasteiger partial charge in [-0.3, -0.25) is 9.69 Å². The summed E-state index contributed by atoms with van der Waals surface area (Å²) in [4.78, 5) is 21.5. The van der Waals surface area contributed by atoms with Crippen molar-refractivity contribution in [3.8, 4) is 0 Å². The molecule has 0 N–H and O–H groups in total. The Hall–Kier alpha value is -1.76. The highest BCUT2D eigenvalue weighted by Gasteiger charge is 2.22. The van der Waals surface area contributed by atoms with Crippen molar-refractivity contribution in [3.63, 3.8) is 0 Å². The van der Waals surface area contributed by atoms with Gasteiger partial charge in [0, 0.05) is 45.2 Å². The van der Waals surface area contributed by atoms with E-state index in [0.717, 1.165) is 44.2 Å². The molecular formula is C19H25N3O2S. The van der Waals surface area contributed by atoms with Crippen LogP contribution >= 0.6 is 11.3 Å². The highest BCUT2D eigenvalue weighted by molar-refractivity contribution is 7.09. The fourth-order valence-corrected chi connectivity index (χ4v) is 3.86. The summed E-state index contributed by atoms with van der Waals surface area (Å²) in [6.07, 6.45) is 0.993. The molecule has 1 aliphatic rings. The minimum absolute atomic E-state index is 0.0383. The number of thiazole rings is 1. The number of hydrogen-bond acceptors (Lipinski definition) is 5. The van der Waals surface area contributed by atoms with Crippen molar-refractivity contribution in [1.82, 2.24) is 14.8 Å². The van der Waals surface area contributed by atoms with E-state index < -0.39 is 0 Å². The molecular weight excluding hydrogens is 334 g/mol. The first-order chi connectivity index (χ1) is 12.2. The number of aromatic nitrogens is 1. The number of carbonyl (C=O) groups is 1. The van der Waals surface area contributed by atoms with Crippen LogP contribution in [0.4, 0.5) is 0 Å². The number of rotatable bonds is 5. The minimum atomic E-state index is 0.0383. The summed E-state index contributed by atoms with van der Waals surface area (Å²) in [5.74, 6) is 0.0383. The van der Waals surface area contributed by atoms with Gasteiger partial charge in [0.15, 0.2) is 0 Å². The van der Waals surface area contributed by atoms with Gasteiger partial charge in [-0.25, -0.2) is 4.98 Å². The van der Waals surface area contributed by atoms with Gasteiger partial charge in [0.25, 0.3) is 5.91 Å². The molecule has 1 amide bonds. The molecule has 1 aromatic carbocycles. The molecule has 6 heteroatoms. The van der Waals surface area contributed by atoms with Crippen LogP contribution in [-0.4, -0.2) is 54.0 Å². The maximum absolute atomic E-state index is 12.7. The fraction of sp³-hybridized carbons (Fsp3) is 0.474. The number of nitrogens with zero attached hydrogens (tertiary/aromatic N) is 3. The Labute approximate surface area is 153 Å². The predicted octanol–water partition coefficient (Wildman–Crippen LogP) is 2.95. The molecule has 1 fully saturated rings. The zero-order valence-corrected chi connectivity index (χ0v) is 15.7. The van der Waals surface area contributed by atoms with Crippen molar-refractivity contribution in [2.45, 2.75) is 26.5 Å². The van der Waals surface area contributed by atoms with Gasteiger partial charge in [0.1, 0.15) is 10.7 Å². The van der Waals surface area contributed by atoms with Gasteiger partial charge in [0.05, 0.1) is 6.61 Å². The molecule has 1 aliphatic heterocycles. The van der Waals surface area contributed by atoms with E-state index in [0.29, 0.717) is 12.3 Å². The summed E-state index contributed by atoms with van der Waals surface area (Å²) >= 11 is 1.48. The summed E-state index contributed by atoms with van der Waals surface area (Å²) < 4.78 is 5.08. The van der Waals surface area contributed by atoms with Crippen LogP contribution in [0.5, 0.6) is 0 Å². The second-order valence-corrected chi connectivity index (χ2v) is 7.35. The number of amides is 1. The van der Waals surface area contributed by atoms with E-state index >= 15 is 0 Å². The topological polar surface area (TPSA) is 45.7 Å². The number of aryl methyl sites for hydroxylation is 1. The van der Waals surface area contributed by atoms with Gasteiger partial charge in [-0.2, -0.15) is 0 Å². The van der Waals surface area contributed by atoms with Crippen molar-refractivity contribution in [3.05, 3.63) is 51.5 Å². The van der Waals surface area contributed by atoms with Crippen LogP contribution in [0, 0.1) is 6.92 Å². The zero-order chi connectivity index (χ0) is 17.6. The van der Waals surface area contributed by atoms with Gasteiger partial charge < -0.3 is 9.64 Å². The van der Waals surface area contributed by atoms with E-state index in [4.69, 9.17) is 4.74 Å². The number of ether oxygens (including phenoxy) is 1. The van der Waals surface area contributed by atoms with Crippen molar-refractivity contribution in [1.29, 1.82) is 0 Å². The second kappa shape index (κ2) is 8.56. The Morgan fingerprint density at radius 1 is 1.24 bits per heavy atom. The van der Waals surface area contributed by atoms with E-state index in [1.54, 1.807) is 7.11 Å². The van der Waals surface area contributed by atoms with E-state index in [-0.39, 0.29) is 5.91 Å². The SMILES string of the molecule is COCc1nc(C(=O)N2CCCN(Cc3ccccc3C)CC2)cs1. The molecule has 3 rings (SSSR count). The lowest BCUT2D eigenvalue weighted by molar-refractivity contribution is 0.0755. The van der Waals surface area contributed by atoms with E-state index in [2.05, 4.69) is 41.1 Å². The van der Waals surface area contributed by atoms with Gasteiger partial charge in [-0.05, 0) is 24.5 Å². The second-order valence-electron chi connectivity index (χ2n) is 6.41. The highest BCUT2D eigenvalue weighted by atomic mass is 32.1. The van der Waals surface area contributed by atoms with E-state index in [1.807, 2.05) is 10.3 Å². The van der Waals surface area contributed by atoms with Crippen molar-refractivity contribution in [2.24, 2.45) is 0 Å². The smallest absolute Gasteiger partial charge is 0.273 e. The summed E-state index contributed by atoms with van der Waals surface area (Å²) in [6.45, 7) is 7.02. The molecule has 0 radical (unpaired) electrons. The third-order valence-electron chi connectivity index (χ3n) is 4.57. The van der Waals surface area contributed by atoms with Gasteiger partial charge in [-0.1, -0.05) is 24.3 Å². The van der Waals surface area contributed by atoms with Gasteiger partial charge in [0.2, 0.25) is 0 Å². The molecule has 1 aromatic heterocycles. The van der Waals surface area contributed by atoms with Crippen molar-refractivity contribution >= 4 is 17.2 Å². The molecule has 0 unspecified atom stereocenters. The lowest BCUT2D eigenvalue weighted by Gasteiger charge is -2.22. The first-order valence-electron chi connectivity index (χ1n) is 8.67. The van der Waals surface area contributed by atoms with Crippen LogP contribution in [0.3, 0.4) is 0 Å². The Morgan fingerprint density at radius 2 is 2.08 bits per heavy atom. The Bertz CT molecular complexity index is 716. The third kappa shape index (κ3) is 4.66. The number of benzene rings is 1. The first-order valence-corrected chi connectivity index (χ1v) is 9.55. The molecule has 2 heterocycles. The largest absolute Gasteiger partial charge is 0.378 e. The summed E-state index contributed by atoms with van der Waals surface area (Å²) in [5.41, 5.74) is 3.24. The molecule has 0 aliphatic carbocycles. The predicted molar refractivity (Wildman–Crippen MR) is 99.8 cm³/mol. The Kier molecular flexibility index (Phi) is 6.18. The minimum Gasteiger partial charge on any atom is -0.378 e. The molecule has 2 aromatic rings. The lowest BCUT2D eigenvalue weighted by atomic mass is 10.1. The highest BCUT2D eigenvalue weighted by Crippen LogP contribution is 2.16. The van der Waals surface area contributed by atoms with Crippen molar-refractivity contribution in [2.75, 3.05) is 33.3 Å². The molecule has 25 heavy (non-hydrogen) atoms. The molecule has 0 bridgehead atoms. The summed E-state index contributed by atoms with van der Waals surface area (Å²) in [5, 5.41) is 2.69. The molecule has 0 saturated carbocycles. The van der Waals surface area contributed by atoms with E-state index in [1.165, 1.54) is 22.5 Å². The molecule has 134 valence electrons. The molecule has 1 saturated heterocycles. The standard InChI is InChI=1S/C19H25N3O2S/c1-15-6-3-4-7-16(15)12-21-8-5-9-22(11-10-21)19(23)17-14-25-18(20-17)13-24-2/h3-4,6-7,14H,5,8-13H2,1-2H3. The Morgan fingerprint density at radius 3 is 2.88 bits per heavy atom. The third-order valence-corrected chi connectivity index (χ3v) is 5.39. The van der Waals surface area contributed by atoms with Gasteiger partial charge in [-0.15, -0.1) is 11.3 Å². The fourth-order valence-electron chi connectivity index (χ4n) is 3.12. The van der Waals surface area contributed by atoms with Crippen LogP contribution in [0.2, 0.25) is 0 Å². The molecule has 0 spiro atoms. The average molecular weight is 359 g/mol. The quantitative estimate of drug-likeness (QED) is 0.823. The number of hydrogen-bond donors (Lipinski definition) is 0. The van der Waals surface area contributed by atoms with Crippen LogP contribution in [0.1, 0.15) is 33.0 Å². The first kappa shape index (κ1) is 18.0. The maximum atomic E-state index is 12.7.